The molecule has 4 heteroatoms. The number of hydrogen-bond acceptors (Lipinski definition) is 2. The minimum absolute atomic E-state index is 0.0171. The van der Waals surface area contributed by atoms with Gasteiger partial charge in [0.25, 0.3) is 5.91 Å². The van der Waals surface area contributed by atoms with Gasteiger partial charge in [0.1, 0.15) is 0 Å². The van der Waals surface area contributed by atoms with Gasteiger partial charge in [-0.05, 0) is 43.5 Å². The van der Waals surface area contributed by atoms with E-state index in [2.05, 4.69) is 5.32 Å². The van der Waals surface area contributed by atoms with Crippen molar-refractivity contribution in [3.63, 3.8) is 0 Å². The van der Waals surface area contributed by atoms with Crippen molar-refractivity contribution in [2.45, 2.75) is 32.7 Å². The molecule has 1 rings (SSSR count). The van der Waals surface area contributed by atoms with Crippen LogP contribution in [0, 0.1) is 6.92 Å². The molecule has 1 unspecified atom stereocenters. The molecule has 0 fully saturated rings. The highest BCUT2D eigenvalue weighted by Gasteiger charge is 2.12. The maximum absolute atomic E-state index is 11.9. The average molecular weight is 256 g/mol. The predicted molar refractivity (Wildman–Crippen MR) is 69.4 cm³/mol. The summed E-state index contributed by atoms with van der Waals surface area (Å²) in [5.41, 5.74) is 1.48. The maximum Gasteiger partial charge on any atom is 0.251 e. The fraction of sp³-hybridized carbons (Fsp3) is 0.462. The summed E-state index contributed by atoms with van der Waals surface area (Å²) < 4.78 is 0. The molecule has 3 nitrogen and oxygen atoms in total. The number of halogens is 1. The molecule has 0 spiro atoms. The molecule has 1 aromatic carbocycles. The van der Waals surface area contributed by atoms with Crippen LogP contribution in [0.25, 0.3) is 0 Å². The van der Waals surface area contributed by atoms with Crippen molar-refractivity contribution in [3.8, 4) is 0 Å². The van der Waals surface area contributed by atoms with Crippen molar-refractivity contribution in [1.29, 1.82) is 0 Å². The summed E-state index contributed by atoms with van der Waals surface area (Å²) >= 11 is 5.90. The number of carbonyl (C=O) groups is 1. The van der Waals surface area contributed by atoms with Crippen molar-refractivity contribution < 1.29 is 9.90 Å². The van der Waals surface area contributed by atoms with Gasteiger partial charge in [-0.3, -0.25) is 4.79 Å². The van der Waals surface area contributed by atoms with Crippen LogP contribution in [0.5, 0.6) is 0 Å². The Morgan fingerprint density at radius 3 is 2.76 bits per heavy atom. The second kappa shape index (κ2) is 6.62. The smallest absolute Gasteiger partial charge is 0.251 e. The number of aliphatic hydroxyl groups excluding tert-OH is 1. The third-order valence-corrected chi connectivity index (χ3v) is 3.15. The summed E-state index contributed by atoms with van der Waals surface area (Å²) in [5.74, 6) is -0.120. The fourth-order valence-electron chi connectivity index (χ4n) is 1.59. The highest BCUT2D eigenvalue weighted by molar-refractivity contribution is 6.31. The van der Waals surface area contributed by atoms with Crippen LogP contribution in [0.4, 0.5) is 0 Å². The van der Waals surface area contributed by atoms with E-state index in [0.29, 0.717) is 17.0 Å². The summed E-state index contributed by atoms with van der Waals surface area (Å²) in [6, 6.07) is 5.21. The highest BCUT2D eigenvalue weighted by Crippen LogP contribution is 2.16. The van der Waals surface area contributed by atoms with E-state index in [9.17, 15) is 4.79 Å². The summed E-state index contributed by atoms with van der Waals surface area (Å²) in [7, 11) is 0. The number of amides is 1. The number of hydrogen-bond donors (Lipinski definition) is 2. The third-order valence-electron chi connectivity index (χ3n) is 2.73. The summed E-state index contributed by atoms with van der Waals surface area (Å²) in [6.45, 7) is 3.93. The molecule has 0 heterocycles. The zero-order chi connectivity index (χ0) is 12.8. The van der Waals surface area contributed by atoms with Crippen LogP contribution in [0.3, 0.4) is 0 Å². The standard InChI is InChI=1S/C13H18ClNO2/c1-3-11(6-7-16)15-13(17)10-4-5-12(14)9(2)8-10/h4-5,8,11,16H,3,6-7H2,1-2H3,(H,15,17). The Morgan fingerprint density at radius 1 is 1.53 bits per heavy atom. The lowest BCUT2D eigenvalue weighted by atomic mass is 10.1. The molecule has 0 aliphatic rings. The zero-order valence-corrected chi connectivity index (χ0v) is 10.9. The van der Waals surface area contributed by atoms with Gasteiger partial charge in [0, 0.05) is 23.2 Å². The lowest BCUT2D eigenvalue weighted by Gasteiger charge is -2.16. The summed E-state index contributed by atoms with van der Waals surface area (Å²) in [6.07, 6.45) is 1.38. The lowest BCUT2D eigenvalue weighted by Crippen LogP contribution is -2.35. The van der Waals surface area contributed by atoms with Crippen LogP contribution in [-0.4, -0.2) is 23.7 Å². The first-order valence-corrected chi connectivity index (χ1v) is 6.14. The molecule has 0 saturated carbocycles. The first kappa shape index (κ1) is 14.0. The van der Waals surface area contributed by atoms with Crippen molar-refractivity contribution in [2.24, 2.45) is 0 Å². The molecule has 2 N–H and O–H groups in total. The Hall–Kier alpha value is -1.06. The molecular weight excluding hydrogens is 238 g/mol. The molecule has 0 saturated heterocycles. The van der Waals surface area contributed by atoms with Gasteiger partial charge < -0.3 is 10.4 Å². The molecule has 0 aromatic heterocycles. The van der Waals surface area contributed by atoms with Gasteiger partial charge in [-0.15, -0.1) is 0 Å². The van der Waals surface area contributed by atoms with Gasteiger partial charge >= 0.3 is 0 Å². The van der Waals surface area contributed by atoms with Crippen LogP contribution in [0.1, 0.15) is 35.7 Å². The number of rotatable bonds is 5. The van der Waals surface area contributed by atoms with Crippen molar-refractivity contribution in [2.75, 3.05) is 6.61 Å². The van der Waals surface area contributed by atoms with Crippen molar-refractivity contribution in [1.82, 2.24) is 5.32 Å². The first-order chi connectivity index (χ1) is 8.08. The summed E-state index contributed by atoms with van der Waals surface area (Å²) in [4.78, 5) is 11.9. The Balaban J connectivity index is 2.72. The van der Waals surface area contributed by atoms with Crippen LogP contribution < -0.4 is 5.32 Å². The Kier molecular flexibility index (Phi) is 5.45. The Morgan fingerprint density at radius 2 is 2.24 bits per heavy atom. The van der Waals surface area contributed by atoms with E-state index in [1.54, 1.807) is 18.2 Å². The second-order valence-corrected chi connectivity index (χ2v) is 4.46. The number of nitrogens with one attached hydrogen (secondary N) is 1. The number of aliphatic hydroxyl groups is 1. The highest BCUT2D eigenvalue weighted by atomic mass is 35.5. The van der Waals surface area contributed by atoms with Gasteiger partial charge in [-0.2, -0.15) is 0 Å². The SMILES string of the molecule is CCC(CCO)NC(=O)c1ccc(Cl)c(C)c1. The van der Waals surface area contributed by atoms with Gasteiger partial charge in [-0.1, -0.05) is 18.5 Å². The average Bonchev–Trinajstić information content (AvgIpc) is 2.31. The van der Waals surface area contributed by atoms with Gasteiger partial charge in [-0.25, -0.2) is 0 Å². The quantitative estimate of drug-likeness (QED) is 0.850. The largest absolute Gasteiger partial charge is 0.396 e. The van der Waals surface area contributed by atoms with Crippen molar-refractivity contribution >= 4 is 17.5 Å². The Labute approximate surface area is 107 Å². The van der Waals surface area contributed by atoms with Crippen LogP contribution in [0.2, 0.25) is 5.02 Å². The number of carbonyl (C=O) groups excluding carboxylic acids is 1. The number of benzene rings is 1. The van der Waals surface area contributed by atoms with E-state index >= 15 is 0 Å². The zero-order valence-electron chi connectivity index (χ0n) is 10.2. The van der Waals surface area contributed by atoms with Crippen LogP contribution in [0.15, 0.2) is 18.2 Å². The molecule has 94 valence electrons. The molecule has 0 radical (unpaired) electrons. The monoisotopic (exact) mass is 255 g/mol. The van der Waals surface area contributed by atoms with E-state index in [0.717, 1.165) is 12.0 Å². The molecule has 0 aliphatic carbocycles. The van der Waals surface area contributed by atoms with Crippen LogP contribution >= 0.6 is 11.6 Å². The molecule has 1 aromatic rings. The summed E-state index contributed by atoms with van der Waals surface area (Å²) in [5, 5.41) is 12.4. The Bertz CT molecular complexity index is 393. The van der Waals surface area contributed by atoms with E-state index in [4.69, 9.17) is 16.7 Å². The van der Waals surface area contributed by atoms with E-state index in [-0.39, 0.29) is 18.6 Å². The molecule has 1 amide bonds. The molecule has 0 bridgehead atoms. The second-order valence-electron chi connectivity index (χ2n) is 4.05. The minimum Gasteiger partial charge on any atom is -0.396 e. The van der Waals surface area contributed by atoms with E-state index in [1.165, 1.54) is 0 Å². The molecule has 17 heavy (non-hydrogen) atoms. The molecule has 0 aliphatic heterocycles. The minimum atomic E-state index is -0.120. The normalized spacial score (nSPS) is 12.2. The first-order valence-electron chi connectivity index (χ1n) is 5.76. The number of aryl methyl sites for hydroxylation is 1. The van der Waals surface area contributed by atoms with Gasteiger partial charge in [0.15, 0.2) is 0 Å². The van der Waals surface area contributed by atoms with Gasteiger partial charge in [0.05, 0.1) is 0 Å². The fourth-order valence-corrected chi connectivity index (χ4v) is 1.71. The van der Waals surface area contributed by atoms with E-state index < -0.39 is 0 Å². The van der Waals surface area contributed by atoms with Gasteiger partial charge in [0.2, 0.25) is 0 Å². The van der Waals surface area contributed by atoms with Crippen LogP contribution in [-0.2, 0) is 0 Å². The molecular formula is C13H18ClNO2. The third kappa shape index (κ3) is 4.02. The topological polar surface area (TPSA) is 49.3 Å². The maximum atomic E-state index is 11.9. The van der Waals surface area contributed by atoms with E-state index in [1.807, 2.05) is 13.8 Å². The molecule has 1 atom stereocenters. The van der Waals surface area contributed by atoms with Crippen molar-refractivity contribution in [3.05, 3.63) is 34.3 Å². The predicted octanol–water partition coefficient (Wildman–Crippen LogP) is 2.54. The lowest BCUT2D eigenvalue weighted by molar-refractivity contribution is 0.0929.